The van der Waals surface area contributed by atoms with Crippen molar-refractivity contribution in [1.29, 1.82) is 0 Å². The lowest BCUT2D eigenvalue weighted by Gasteiger charge is -2.19. The smallest absolute Gasteiger partial charge is 0.253 e. The van der Waals surface area contributed by atoms with Crippen molar-refractivity contribution in [1.82, 2.24) is 24.9 Å². The molecule has 7 nitrogen and oxygen atoms in total. The molecule has 124 valence electrons. The molecule has 0 aliphatic rings. The third-order valence-electron chi connectivity index (χ3n) is 3.35. The van der Waals surface area contributed by atoms with Gasteiger partial charge in [0.2, 0.25) is 11.1 Å². The Bertz CT molecular complexity index is 741. The quantitative estimate of drug-likeness (QED) is 0.806. The number of fused-ring (bicyclic) bond motifs is 1. The molecule has 1 atom stereocenters. The van der Waals surface area contributed by atoms with Gasteiger partial charge in [-0.25, -0.2) is 9.50 Å². The van der Waals surface area contributed by atoms with Gasteiger partial charge in [0.25, 0.3) is 5.78 Å². The molecule has 0 aliphatic heterocycles. The molecule has 1 amide bonds. The first-order valence-electron chi connectivity index (χ1n) is 7.41. The van der Waals surface area contributed by atoms with Crippen LogP contribution >= 0.6 is 11.8 Å². The van der Waals surface area contributed by atoms with Crippen LogP contribution in [0.2, 0.25) is 0 Å². The Morgan fingerprint density at radius 3 is 2.61 bits per heavy atom. The molecule has 0 bridgehead atoms. The van der Waals surface area contributed by atoms with Gasteiger partial charge in [-0.1, -0.05) is 25.6 Å². The molecule has 0 aromatic carbocycles. The van der Waals surface area contributed by atoms with E-state index in [1.165, 1.54) is 18.7 Å². The Morgan fingerprint density at radius 1 is 1.30 bits per heavy atom. The highest BCUT2D eigenvalue weighted by atomic mass is 32.2. The Morgan fingerprint density at radius 2 is 2.00 bits per heavy atom. The summed E-state index contributed by atoms with van der Waals surface area (Å²) in [7, 11) is 0. The summed E-state index contributed by atoms with van der Waals surface area (Å²) in [5.41, 5.74) is 1.81. The van der Waals surface area contributed by atoms with E-state index in [2.05, 4.69) is 20.4 Å². The minimum Gasteiger partial charge on any atom is -0.345 e. The Hall–Kier alpha value is -1.96. The zero-order valence-electron chi connectivity index (χ0n) is 14.0. The lowest BCUT2D eigenvalue weighted by Crippen LogP contribution is -2.44. The van der Waals surface area contributed by atoms with E-state index < -0.39 is 6.04 Å². The predicted molar refractivity (Wildman–Crippen MR) is 88.4 cm³/mol. The summed E-state index contributed by atoms with van der Waals surface area (Å²) in [6.07, 6.45) is 0. The number of Topliss-reactive ketones (excluding diaryl/α,β-unsaturated/α-hetero) is 1. The lowest BCUT2D eigenvalue weighted by molar-refractivity contribution is -0.126. The van der Waals surface area contributed by atoms with Crippen molar-refractivity contribution in [2.24, 2.45) is 5.92 Å². The first-order valence-corrected chi connectivity index (χ1v) is 8.40. The molecule has 0 spiro atoms. The number of nitrogens with one attached hydrogen (secondary N) is 1. The standard InChI is InChI=1S/C15H21N5O2S/c1-8(2)13(11(5)21)17-12(22)7-23-15-18-14-16-9(3)6-10(4)20(14)19-15/h6,8,13H,7H2,1-5H3,(H,17,22). The van der Waals surface area contributed by atoms with E-state index in [4.69, 9.17) is 0 Å². The minimum atomic E-state index is -0.455. The zero-order valence-corrected chi connectivity index (χ0v) is 14.8. The molecule has 1 unspecified atom stereocenters. The van der Waals surface area contributed by atoms with Crippen LogP contribution in [-0.2, 0) is 9.59 Å². The number of carbonyl (C=O) groups is 2. The average molecular weight is 335 g/mol. The molecule has 0 aliphatic carbocycles. The number of hydrogen-bond acceptors (Lipinski definition) is 6. The second-order valence-corrected chi connectivity index (χ2v) is 6.78. The first-order chi connectivity index (χ1) is 10.8. The van der Waals surface area contributed by atoms with E-state index in [9.17, 15) is 9.59 Å². The summed E-state index contributed by atoms with van der Waals surface area (Å²) in [5, 5.41) is 7.58. The lowest BCUT2D eigenvalue weighted by atomic mass is 10.0. The van der Waals surface area contributed by atoms with Crippen molar-refractivity contribution in [3.8, 4) is 0 Å². The van der Waals surface area contributed by atoms with Crippen LogP contribution in [0.5, 0.6) is 0 Å². The third-order valence-corrected chi connectivity index (χ3v) is 4.19. The van der Waals surface area contributed by atoms with Gasteiger partial charge in [-0.05, 0) is 32.8 Å². The predicted octanol–water partition coefficient (Wildman–Crippen LogP) is 1.56. The molecule has 1 N–H and O–H groups in total. The number of hydrogen-bond donors (Lipinski definition) is 1. The van der Waals surface area contributed by atoms with Gasteiger partial charge >= 0.3 is 0 Å². The highest BCUT2D eigenvalue weighted by Crippen LogP contribution is 2.15. The van der Waals surface area contributed by atoms with Crippen molar-refractivity contribution in [3.63, 3.8) is 0 Å². The Balaban J connectivity index is 2.02. The normalized spacial score (nSPS) is 12.6. The van der Waals surface area contributed by atoms with Gasteiger partial charge in [-0.15, -0.1) is 5.10 Å². The molecule has 8 heteroatoms. The van der Waals surface area contributed by atoms with Gasteiger partial charge in [-0.2, -0.15) is 4.98 Å². The Kier molecular flexibility index (Phi) is 5.35. The molecule has 2 aromatic rings. The maximum absolute atomic E-state index is 12.0. The molecule has 2 aromatic heterocycles. The van der Waals surface area contributed by atoms with Gasteiger partial charge in [-0.3, -0.25) is 9.59 Å². The highest BCUT2D eigenvalue weighted by molar-refractivity contribution is 7.99. The highest BCUT2D eigenvalue weighted by Gasteiger charge is 2.21. The van der Waals surface area contributed by atoms with Gasteiger partial charge in [0.05, 0.1) is 11.8 Å². The summed E-state index contributed by atoms with van der Waals surface area (Å²) in [6, 6.07) is 1.46. The number of aromatic nitrogens is 4. The molecule has 23 heavy (non-hydrogen) atoms. The summed E-state index contributed by atoms with van der Waals surface area (Å²) in [5.74, 6) is 0.493. The SMILES string of the molecule is CC(=O)C(NC(=O)CSc1nc2nc(C)cc(C)n2n1)C(C)C. The van der Waals surface area contributed by atoms with Crippen molar-refractivity contribution < 1.29 is 9.59 Å². The number of carbonyl (C=O) groups excluding carboxylic acids is 2. The number of ketones is 1. The third kappa shape index (κ3) is 4.28. The van der Waals surface area contributed by atoms with Crippen LogP contribution in [0, 0.1) is 19.8 Å². The summed E-state index contributed by atoms with van der Waals surface area (Å²) < 4.78 is 1.65. The number of aryl methyl sites for hydroxylation is 2. The van der Waals surface area contributed by atoms with Crippen LogP contribution in [0.1, 0.15) is 32.2 Å². The molecule has 2 rings (SSSR count). The minimum absolute atomic E-state index is 0.0421. The monoisotopic (exact) mass is 335 g/mol. The van der Waals surface area contributed by atoms with E-state index >= 15 is 0 Å². The van der Waals surface area contributed by atoms with Gasteiger partial charge in [0.1, 0.15) is 0 Å². The van der Waals surface area contributed by atoms with Crippen LogP contribution in [0.4, 0.5) is 0 Å². The average Bonchev–Trinajstić information content (AvgIpc) is 2.85. The molecule has 0 saturated carbocycles. The number of thioether (sulfide) groups is 1. The van der Waals surface area contributed by atoms with Crippen molar-refractivity contribution in [2.45, 2.75) is 45.8 Å². The Labute approximate surface area is 139 Å². The van der Waals surface area contributed by atoms with E-state index in [0.717, 1.165) is 11.4 Å². The fourth-order valence-electron chi connectivity index (χ4n) is 2.29. The number of rotatable bonds is 6. The topological polar surface area (TPSA) is 89.2 Å². The maximum atomic E-state index is 12.0. The second kappa shape index (κ2) is 7.08. The number of amides is 1. The summed E-state index contributed by atoms with van der Waals surface area (Å²) in [4.78, 5) is 32.2. The molecule has 2 heterocycles. The zero-order chi connectivity index (χ0) is 17.1. The molecular weight excluding hydrogens is 314 g/mol. The molecule has 0 fully saturated rings. The molecular formula is C15H21N5O2S. The van der Waals surface area contributed by atoms with Gasteiger partial charge in [0.15, 0.2) is 5.78 Å². The van der Waals surface area contributed by atoms with Crippen LogP contribution in [0.3, 0.4) is 0 Å². The second-order valence-electron chi connectivity index (χ2n) is 5.83. The fraction of sp³-hybridized carbons (Fsp3) is 0.533. The van der Waals surface area contributed by atoms with Crippen molar-refractivity contribution in [2.75, 3.05) is 5.75 Å². The maximum Gasteiger partial charge on any atom is 0.253 e. The van der Waals surface area contributed by atoms with Crippen molar-refractivity contribution in [3.05, 3.63) is 17.5 Å². The molecule has 0 saturated heterocycles. The van der Waals surface area contributed by atoms with E-state index in [1.54, 1.807) is 4.52 Å². The van der Waals surface area contributed by atoms with E-state index in [1.807, 2.05) is 33.8 Å². The van der Waals surface area contributed by atoms with Crippen LogP contribution in [0.15, 0.2) is 11.2 Å². The largest absolute Gasteiger partial charge is 0.345 e. The molecule has 0 radical (unpaired) electrons. The van der Waals surface area contributed by atoms with Gasteiger partial charge in [0, 0.05) is 11.4 Å². The van der Waals surface area contributed by atoms with Gasteiger partial charge < -0.3 is 5.32 Å². The van der Waals surface area contributed by atoms with E-state index in [0.29, 0.717) is 10.9 Å². The van der Waals surface area contributed by atoms with E-state index in [-0.39, 0.29) is 23.4 Å². The number of nitrogens with zero attached hydrogens (tertiary/aromatic N) is 4. The van der Waals surface area contributed by atoms with Crippen molar-refractivity contribution >= 4 is 29.2 Å². The van der Waals surface area contributed by atoms with Crippen LogP contribution < -0.4 is 5.32 Å². The van der Waals surface area contributed by atoms with Crippen LogP contribution in [-0.4, -0.2) is 43.1 Å². The summed E-state index contributed by atoms with van der Waals surface area (Å²) >= 11 is 1.23. The summed E-state index contributed by atoms with van der Waals surface area (Å²) in [6.45, 7) is 9.12. The van der Waals surface area contributed by atoms with Crippen LogP contribution in [0.25, 0.3) is 5.78 Å². The first kappa shape index (κ1) is 17.4. The fourth-order valence-corrected chi connectivity index (χ4v) is 2.92.